The van der Waals surface area contributed by atoms with Crippen LogP contribution < -0.4 is 4.90 Å². The maximum atomic E-state index is 12.9. The van der Waals surface area contributed by atoms with E-state index in [4.69, 9.17) is 5.11 Å². The van der Waals surface area contributed by atoms with E-state index in [0.717, 1.165) is 0 Å². The fraction of sp³-hybridized carbons (Fsp3) is 0.273. The largest absolute Gasteiger partial charge is 0.480 e. The lowest BCUT2D eigenvalue weighted by atomic mass is 10.3. The first-order valence-corrected chi connectivity index (χ1v) is 4.82. The zero-order chi connectivity index (χ0) is 12.8. The lowest BCUT2D eigenvalue weighted by molar-refractivity contribution is -0.143. The molecule has 1 N–H and O–H groups in total. The van der Waals surface area contributed by atoms with Crippen LogP contribution in [0.5, 0.6) is 0 Å². The molecule has 0 radical (unpaired) electrons. The fourth-order valence-electron chi connectivity index (χ4n) is 1.15. The molecule has 0 aromatic heterocycles. The van der Waals surface area contributed by atoms with Crippen LogP contribution in [0.4, 0.5) is 10.1 Å². The lowest BCUT2D eigenvalue weighted by Crippen LogP contribution is -2.30. The third-order valence-electron chi connectivity index (χ3n) is 2.02. The van der Waals surface area contributed by atoms with Crippen molar-refractivity contribution in [3.8, 4) is 0 Å². The standard InChI is InChI=1S/C11H12FNO4/c1-13(9-4-2-3-8(12)5-9)10(14)6-17-7-11(15)16/h2-5H,6-7H2,1H3,(H,15,16). The molecule has 0 atom stereocenters. The molecule has 0 saturated carbocycles. The highest BCUT2D eigenvalue weighted by Gasteiger charge is 2.12. The number of hydrogen-bond donors (Lipinski definition) is 1. The number of aliphatic carboxylic acids is 1. The van der Waals surface area contributed by atoms with Crippen molar-refractivity contribution in [2.45, 2.75) is 0 Å². The van der Waals surface area contributed by atoms with Gasteiger partial charge in [0.05, 0.1) is 0 Å². The number of carboxylic acid groups (broad SMARTS) is 1. The van der Waals surface area contributed by atoms with Gasteiger partial charge in [-0.15, -0.1) is 0 Å². The third kappa shape index (κ3) is 4.20. The van der Waals surface area contributed by atoms with Crippen molar-refractivity contribution in [3.05, 3.63) is 30.1 Å². The van der Waals surface area contributed by atoms with E-state index in [1.807, 2.05) is 0 Å². The van der Waals surface area contributed by atoms with Crippen molar-refractivity contribution in [2.75, 3.05) is 25.2 Å². The second kappa shape index (κ2) is 5.95. The summed E-state index contributed by atoms with van der Waals surface area (Å²) in [5.41, 5.74) is 0.383. The van der Waals surface area contributed by atoms with Gasteiger partial charge in [0.15, 0.2) is 0 Å². The highest BCUT2D eigenvalue weighted by atomic mass is 19.1. The van der Waals surface area contributed by atoms with Crippen molar-refractivity contribution in [3.63, 3.8) is 0 Å². The summed E-state index contributed by atoms with van der Waals surface area (Å²) in [5, 5.41) is 8.32. The zero-order valence-corrected chi connectivity index (χ0v) is 9.22. The number of anilines is 1. The van der Waals surface area contributed by atoms with E-state index >= 15 is 0 Å². The van der Waals surface area contributed by atoms with Gasteiger partial charge in [0.25, 0.3) is 5.91 Å². The van der Waals surface area contributed by atoms with Crippen LogP contribution >= 0.6 is 0 Å². The number of amides is 1. The first-order valence-electron chi connectivity index (χ1n) is 4.82. The topological polar surface area (TPSA) is 66.8 Å². The number of halogens is 1. The van der Waals surface area contributed by atoms with Crippen LogP contribution in [-0.2, 0) is 14.3 Å². The van der Waals surface area contributed by atoms with Gasteiger partial charge >= 0.3 is 5.97 Å². The second-order valence-electron chi connectivity index (χ2n) is 3.32. The number of likely N-dealkylation sites (N-methyl/N-ethyl adjacent to an activating group) is 1. The summed E-state index contributed by atoms with van der Waals surface area (Å²) in [4.78, 5) is 22.9. The number of nitrogens with zero attached hydrogens (tertiary/aromatic N) is 1. The highest BCUT2D eigenvalue weighted by molar-refractivity contribution is 5.93. The van der Waals surface area contributed by atoms with E-state index < -0.39 is 24.3 Å². The van der Waals surface area contributed by atoms with E-state index in [0.29, 0.717) is 5.69 Å². The summed E-state index contributed by atoms with van der Waals surface area (Å²) in [5.74, 6) is -2.04. The van der Waals surface area contributed by atoms with Crippen molar-refractivity contribution < 1.29 is 23.8 Å². The average molecular weight is 241 g/mol. The number of ether oxygens (including phenoxy) is 1. The number of carboxylic acids is 1. The quantitative estimate of drug-likeness (QED) is 0.831. The Kier molecular flexibility index (Phi) is 4.59. The van der Waals surface area contributed by atoms with Crippen LogP contribution in [0.1, 0.15) is 0 Å². The fourth-order valence-corrected chi connectivity index (χ4v) is 1.15. The molecule has 0 bridgehead atoms. The minimum absolute atomic E-state index is 0.362. The number of rotatable bonds is 5. The third-order valence-corrected chi connectivity index (χ3v) is 2.02. The van der Waals surface area contributed by atoms with Crippen LogP contribution in [0.25, 0.3) is 0 Å². The molecule has 5 nitrogen and oxygen atoms in total. The number of benzene rings is 1. The molecule has 0 aliphatic carbocycles. The molecule has 0 saturated heterocycles. The highest BCUT2D eigenvalue weighted by Crippen LogP contribution is 2.13. The minimum atomic E-state index is -1.15. The normalized spacial score (nSPS) is 10.0. The Morgan fingerprint density at radius 1 is 1.41 bits per heavy atom. The predicted molar refractivity (Wildman–Crippen MR) is 58.3 cm³/mol. The molecule has 6 heteroatoms. The molecule has 17 heavy (non-hydrogen) atoms. The van der Waals surface area contributed by atoms with Gasteiger partial charge in [-0.1, -0.05) is 6.07 Å². The maximum absolute atomic E-state index is 12.9. The van der Waals surface area contributed by atoms with Crippen LogP contribution in [0.3, 0.4) is 0 Å². The Morgan fingerprint density at radius 3 is 2.71 bits per heavy atom. The zero-order valence-electron chi connectivity index (χ0n) is 9.22. The van der Waals surface area contributed by atoms with E-state index in [1.54, 1.807) is 6.07 Å². The van der Waals surface area contributed by atoms with Gasteiger partial charge in [0.1, 0.15) is 19.0 Å². The van der Waals surface area contributed by atoms with Crippen molar-refractivity contribution in [1.29, 1.82) is 0 Å². The Balaban J connectivity index is 2.54. The van der Waals surface area contributed by atoms with Crippen LogP contribution in [0.15, 0.2) is 24.3 Å². The number of carbonyl (C=O) groups is 2. The van der Waals surface area contributed by atoms with Crippen molar-refractivity contribution in [1.82, 2.24) is 0 Å². The first kappa shape index (κ1) is 13.1. The molecular formula is C11H12FNO4. The van der Waals surface area contributed by atoms with E-state index in [1.165, 1.54) is 30.1 Å². The Hall–Kier alpha value is -1.95. The molecule has 0 fully saturated rings. The van der Waals surface area contributed by atoms with Crippen molar-refractivity contribution >= 4 is 17.6 Å². The molecule has 0 spiro atoms. The maximum Gasteiger partial charge on any atom is 0.329 e. The summed E-state index contributed by atoms with van der Waals surface area (Å²) >= 11 is 0. The summed E-state index contributed by atoms with van der Waals surface area (Å²) in [7, 11) is 1.46. The summed E-state index contributed by atoms with van der Waals surface area (Å²) in [6.45, 7) is -0.901. The predicted octanol–water partition coefficient (Wildman–Crippen LogP) is 0.890. The van der Waals surface area contributed by atoms with E-state index in [-0.39, 0.29) is 6.61 Å². The van der Waals surface area contributed by atoms with E-state index in [9.17, 15) is 14.0 Å². The Labute approximate surface area is 97.4 Å². The van der Waals surface area contributed by atoms with Crippen LogP contribution in [0.2, 0.25) is 0 Å². The summed E-state index contributed by atoms with van der Waals surface area (Å²) in [6, 6.07) is 5.52. The summed E-state index contributed by atoms with van der Waals surface area (Å²) < 4.78 is 17.5. The second-order valence-corrected chi connectivity index (χ2v) is 3.32. The van der Waals surface area contributed by atoms with Crippen LogP contribution in [-0.4, -0.2) is 37.2 Å². The Bertz CT molecular complexity index is 422. The average Bonchev–Trinajstić information content (AvgIpc) is 2.27. The SMILES string of the molecule is CN(C(=O)COCC(=O)O)c1cccc(F)c1. The van der Waals surface area contributed by atoms with E-state index in [2.05, 4.69) is 4.74 Å². The molecule has 1 rings (SSSR count). The van der Waals surface area contributed by atoms with Gasteiger partial charge in [0, 0.05) is 12.7 Å². The number of hydrogen-bond acceptors (Lipinski definition) is 3. The molecule has 0 unspecified atom stereocenters. The first-order chi connectivity index (χ1) is 8.00. The smallest absolute Gasteiger partial charge is 0.329 e. The molecule has 0 heterocycles. The van der Waals surface area contributed by atoms with Crippen LogP contribution in [0, 0.1) is 5.82 Å². The Morgan fingerprint density at radius 2 is 2.12 bits per heavy atom. The van der Waals surface area contributed by atoms with Crippen molar-refractivity contribution in [2.24, 2.45) is 0 Å². The molecular weight excluding hydrogens is 229 g/mol. The molecule has 92 valence electrons. The van der Waals surface area contributed by atoms with Gasteiger partial charge in [-0.25, -0.2) is 9.18 Å². The van der Waals surface area contributed by atoms with Gasteiger partial charge in [0.2, 0.25) is 0 Å². The molecule has 1 aromatic carbocycles. The summed E-state index contributed by atoms with van der Waals surface area (Å²) in [6.07, 6.45) is 0. The monoisotopic (exact) mass is 241 g/mol. The van der Waals surface area contributed by atoms with Gasteiger partial charge in [-0.05, 0) is 18.2 Å². The van der Waals surface area contributed by atoms with Gasteiger partial charge in [-0.2, -0.15) is 0 Å². The minimum Gasteiger partial charge on any atom is -0.480 e. The van der Waals surface area contributed by atoms with Gasteiger partial charge < -0.3 is 14.7 Å². The van der Waals surface area contributed by atoms with Gasteiger partial charge in [-0.3, -0.25) is 4.79 Å². The molecule has 1 aromatic rings. The number of carbonyl (C=O) groups excluding carboxylic acids is 1. The molecule has 0 aliphatic rings. The lowest BCUT2D eigenvalue weighted by Gasteiger charge is -2.16. The molecule has 0 aliphatic heterocycles. The molecule has 1 amide bonds.